The lowest BCUT2D eigenvalue weighted by atomic mass is 10.1. The van der Waals surface area contributed by atoms with Crippen molar-refractivity contribution in [2.45, 2.75) is 26.4 Å². The minimum Gasteiger partial charge on any atom is -0.392 e. The van der Waals surface area contributed by atoms with E-state index in [1.54, 1.807) is 0 Å². The molecule has 23 heavy (non-hydrogen) atoms. The van der Waals surface area contributed by atoms with E-state index in [-0.39, 0.29) is 12.5 Å². The molecule has 2 aromatic rings. The third kappa shape index (κ3) is 6.08. The normalized spacial score (nSPS) is 10.3. The number of aryl methyl sites for hydroxylation is 2. The van der Waals surface area contributed by atoms with E-state index in [9.17, 15) is 4.79 Å². The van der Waals surface area contributed by atoms with Crippen LogP contribution < -0.4 is 10.6 Å². The van der Waals surface area contributed by atoms with Crippen molar-refractivity contribution < 1.29 is 9.90 Å². The number of aliphatic hydroxyl groups is 1. The number of anilines is 1. The first-order valence-corrected chi connectivity index (χ1v) is 7.79. The van der Waals surface area contributed by atoms with Crippen molar-refractivity contribution in [2.75, 3.05) is 18.4 Å². The van der Waals surface area contributed by atoms with Crippen molar-refractivity contribution in [2.24, 2.45) is 0 Å². The number of hydrogen-bond acceptors (Lipinski definition) is 4. The van der Waals surface area contributed by atoms with Crippen molar-refractivity contribution in [3.05, 3.63) is 59.4 Å². The molecule has 1 aromatic heterocycles. The smallest absolute Gasteiger partial charge is 0.216 e. The fourth-order valence-corrected chi connectivity index (χ4v) is 2.21. The molecule has 2 rings (SSSR count). The maximum absolute atomic E-state index is 10.8. The van der Waals surface area contributed by atoms with Gasteiger partial charge in [0.1, 0.15) is 0 Å². The Bertz CT molecular complexity index is 609. The molecule has 5 heteroatoms. The minimum absolute atomic E-state index is 0.0210. The SMILES string of the molecule is CC(=O)NCCNc1ccc(CCc2ccc(CO)cc2)nc1. The number of nitrogens with one attached hydrogen (secondary N) is 2. The van der Waals surface area contributed by atoms with Gasteiger partial charge in [0.15, 0.2) is 0 Å². The zero-order valence-corrected chi connectivity index (χ0v) is 13.4. The van der Waals surface area contributed by atoms with Crippen LogP contribution in [0.2, 0.25) is 0 Å². The van der Waals surface area contributed by atoms with Gasteiger partial charge < -0.3 is 15.7 Å². The zero-order valence-electron chi connectivity index (χ0n) is 13.4. The Morgan fingerprint density at radius 1 is 1.04 bits per heavy atom. The van der Waals surface area contributed by atoms with Gasteiger partial charge in [0.05, 0.1) is 18.5 Å². The molecule has 3 N–H and O–H groups in total. The Morgan fingerprint density at radius 3 is 2.39 bits per heavy atom. The highest BCUT2D eigenvalue weighted by Gasteiger charge is 1.99. The summed E-state index contributed by atoms with van der Waals surface area (Å²) in [6.07, 6.45) is 3.62. The lowest BCUT2D eigenvalue weighted by Crippen LogP contribution is -2.26. The predicted molar refractivity (Wildman–Crippen MR) is 91.2 cm³/mol. The number of rotatable bonds is 8. The van der Waals surface area contributed by atoms with E-state index in [0.29, 0.717) is 13.1 Å². The van der Waals surface area contributed by atoms with Gasteiger partial charge in [-0.2, -0.15) is 0 Å². The van der Waals surface area contributed by atoms with Crippen LogP contribution in [-0.4, -0.2) is 29.1 Å². The first-order valence-electron chi connectivity index (χ1n) is 7.79. The third-order valence-corrected chi connectivity index (χ3v) is 3.53. The molecule has 0 spiro atoms. The van der Waals surface area contributed by atoms with Crippen LogP contribution in [0.1, 0.15) is 23.7 Å². The van der Waals surface area contributed by atoms with Gasteiger partial charge in [0, 0.05) is 25.7 Å². The summed E-state index contributed by atoms with van der Waals surface area (Å²) in [6.45, 7) is 2.87. The predicted octanol–water partition coefficient (Wildman–Crippen LogP) is 1.91. The van der Waals surface area contributed by atoms with Crippen molar-refractivity contribution in [3.8, 4) is 0 Å². The molecule has 0 aliphatic carbocycles. The highest BCUT2D eigenvalue weighted by atomic mass is 16.3. The van der Waals surface area contributed by atoms with E-state index in [0.717, 1.165) is 29.8 Å². The van der Waals surface area contributed by atoms with Crippen LogP contribution in [0.25, 0.3) is 0 Å². The van der Waals surface area contributed by atoms with Crippen LogP contribution in [-0.2, 0) is 24.2 Å². The van der Waals surface area contributed by atoms with Crippen molar-refractivity contribution in [1.29, 1.82) is 0 Å². The fourth-order valence-electron chi connectivity index (χ4n) is 2.21. The van der Waals surface area contributed by atoms with Crippen molar-refractivity contribution in [3.63, 3.8) is 0 Å². The number of aromatic nitrogens is 1. The summed E-state index contributed by atoms with van der Waals surface area (Å²) in [7, 11) is 0. The number of carbonyl (C=O) groups excluding carboxylic acids is 1. The molecule has 0 radical (unpaired) electrons. The van der Waals surface area contributed by atoms with Gasteiger partial charge in [-0.3, -0.25) is 9.78 Å². The number of benzene rings is 1. The lowest BCUT2D eigenvalue weighted by molar-refractivity contribution is -0.118. The molecule has 0 aliphatic rings. The van der Waals surface area contributed by atoms with Gasteiger partial charge >= 0.3 is 0 Å². The van der Waals surface area contributed by atoms with E-state index >= 15 is 0 Å². The second-order valence-corrected chi connectivity index (χ2v) is 5.42. The molecule has 122 valence electrons. The van der Waals surface area contributed by atoms with Crippen LogP contribution >= 0.6 is 0 Å². The van der Waals surface area contributed by atoms with E-state index in [4.69, 9.17) is 5.11 Å². The van der Waals surface area contributed by atoms with Gasteiger partial charge in [-0.1, -0.05) is 24.3 Å². The van der Waals surface area contributed by atoms with E-state index < -0.39 is 0 Å². The van der Waals surface area contributed by atoms with Crippen molar-refractivity contribution in [1.82, 2.24) is 10.3 Å². The quantitative estimate of drug-likeness (QED) is 0.651. The summed E-state index contributed by atoms with van der Waals surface area (Å²) in [5, 5.41) is 15.0. The third-order valence-electron chi connectivity index (χ3n) is 3.53. The number of aliphatic hydroxyl groups excluding tert-OH is 1. The summed E-state index contributed by atoms with van der Waals surface area (Å²) in [4.78, 5) is 15.2. The molecule has 0 saturated heterocycles. The van der Waals surface area contributed by atoms with Crippen LogP contribution in [0, 0.1) is 0 Å². The van der Waals surface area contributed by atoms with E-state index in [2.05, 4.69) is 15.6 Å². The molecule has 0 unspecified atom stereocenters. The molecular weight excluding hydrogens is 290 g/mol. The van der Waals surface area contributed by atoms with Gasteiger partial charge in [0.2, 0.25) is 5.91 Å². The average Bonchev–Trinajstić information content (AvgIpc) is 2.58. The van der Waals surface area contributed by atoms with Crippen LogP contribution in [0.4, 0.5) is 5.69 Å². The molecule has 0 aliphatic heterocycles. The van der Waals surface area contributed by atoms with Crippen LogP contribution in [0.15, 0.2) is 42.6 Å². The monoisotopic (exact) mass is 313 g/mol. The fraction of sp³-hybridized carbons (Fsp3) is 0.333. The minimum atomic E-state index is -0.0210. The molecular formula is C18H23N3O2. The molecule has 1 heterocycles. The summed E-state index contributed by atoms with van der Waals surface area (Å²) in [5.74, 6) is -0.0210. The average molecular weight is 313 g/mol. The molecule has 1 amide bonds. The number of amides is 1. The second-order valence-electron chi connectivity index (χ2n) is 5.42. The highest BCUT2D eigenvalue weighted by molar-refractivity contribution is 5.72. The first kappa shape index (κ1) is 17.0. The zero-order chi connectivity index (χ0) is 16.5. The summed E-state index contributed by atoms with van der Waals surface area (Å²) < 4.78 is 0. The standard InChI is InChI=1S/C18H23N3O2/c1-14(23)19-10-11-20-18-9-8-17(21-12-18)7-6-15-2-4-16(13-22)5-3-15/h2-5,8-9,12,20,22H,6-7,10-11,13H2,1H3,(H,19,23). The Hall–Kier alpha value is -2.40. The van der Waals surface area contributed by atoms with Gasteiger partial charge in [-0.05, 0) is 36.1 Å². The molecule has 0 atom stereocenters. The van der Waals surface area contributed by atoms with E-state index in [1.165, 1.54) is 12.5 Å². The number of pyridine rings is 1. The van der Waals surface area contributed by atoms with Gasteiger partial charge in [-0.25, -0.2) is 0 Å². The van der Waals surface area contributed by atoms with E-state index in [1.807, 2.05) is 42.6 Å². The Balaban J connectivity index is 1.76. The number of hydrogen-bond donors (Lipinski definition) is 3. The second kappa shape index (κ2) is 8.90. The molecule has 0 fully saturated rings. The molecule has 0 bridgehead atoms. The van der Waals surface area contributed by atoms with Crippen molar-refractivity contribution >= 4 is 11.6 Å². The Labute approximate surface area is 136 Å². The van der Waals surface area contributed by atoms with Crippen LogP contribution in [0.3, 0.4) is 0 Å². The summed E-state index contributed by atoms with van der Waals surface area (Å²) in [5.41, 5.74) is 4.16. The van der Waals surface area contributed by atoms with Crippen LogP contribution in [0.5, 0.6) is 0 Å². The first-order chi connectivity index (χ1) is 11.2. The largest absolute Gasteiger partial charge is 0.392 e. The molecule has 0 saturated carbocycles. The Morgan fingerprint density at radius 2 is 1.78 bits per heavy atom. The number of carbonyl (C=O) groups is 1. The maximum atomic E-state index is 10.8. The highest BCUT2D eigenvalue weighted by Crippen LogP contribution is 2.10. The topological polar surface area (TPSA) is 74.2 Å². The van der Waals surface area contributed by atoms with Gasteiger partial charge in [0.25, 0.3) is 0 Å². The Kier molecular flexibility index (Phi) is 6.56. The summed E-state index contributed by atoms with van der Waals surface area (Å²) in [6, 6.07) is 12.0. The lowest BCUT2D eigenvalue weighted by Gasteiger charge is -2.07. The molecule has 5 nitrogen and oxygen atoms in total. The summed E-state index contributed by atoms with van der Waals surface area (Å²) >= 11 is 0. The molecule has 1 aromatic carbocycles. The maximum Gasteiger partial charge on any atom is 0.216 e. The van der Waals surface area contributed by atoms with Gasteiger partial charge in [-0.15, -0.1) is 0 Å². The number of nitrogens with zero attached hydrogens (tertiary/aromatic N) is 1.